The van der Waals surface area contributed by atoms with Crippen LogP contribution < -0.4 is 10.6 Å². The van der Waals surface area contributed by atoms with Crippen molar-refractivity contribution in [1.29, 1.82) is 0 Å². The van der Waals surface area contributed by atoms with Crippen molar-refractivity contribution in [2.75, 3.05) is 13.1 Å². The van der Waals surface area contributed by atoms with Gasteiger partial charge in [-0.05, 0) is 82.6 Å². The second-order valence-corrected chi connectivity index (χ2v) is 18.1. The molecule has 0 bridgehead atoms. The van der Waals surface area contributed by atoms with Gasteiger partial charge in [-0.15, -0.1) is 0 Å². The summed E-state index contributed by atoms with van der Waals surface area (Å²) in [5, 5.41) is 36.5. The number of fused-ring (bicyclic) bond motifs is 2. The quantitative estimate of drug-likeness (QED) is 0.0728. The van der Waals surface area contributed by atoms with Gasteiger partial charge in [0.05, 0.1) is 11.2 Å². The zero-order valence-electron chi connectivity index (χ0n) is 37.7. The third-order valence-corrected chi connectivity index (χ3v) is 12.9. The Hall–Kier alpha value is -6.86. The minimum absolute atomic E-state index is 0.122. The lowest BCUT2D eigenvalue weighted by atomic mass is 9.72. The van der Waals surface area contributed by atoms with E-state index in [0.29, 0.717) is 0 Å². The molecule has 8 aromatic rings. The van der Waals surface area contributed by atoms with Crippen LogP contribution in [0.4, 0.5) is 0 Å². The molecule has 0 saturated carbocycles. The Bertz CT molecular complexity index is 2700. The maximum atomic E-state index is 14.0. The highest BCUT2D eigenvalue weighted by Gasteiger charge is 2.42. The van der Waals surface area contributed by atoms with Crippen molar-refractivity contribution in [3.63, 3.8) is 0 Å². The molecule has 4 unspecified atom stereocenters. The van der Waals surface area contributed by atoms with Gasteiger partial charge < -0.3 is 20.8 Å². The van der Waals surface area contributed by atoms with E-state index in [4.69, 9.17) is 0 Å². The monoisotopic (exact) mass is 858 g/mol. The highest BCUT2D eigenvalue weighted by molar-refractivity contribution is 5.97. The Labute approximate surface area is 383 Å². The van der Waals surface area contributed by atoms with Crippen LogP contribution in [0, 0.1) is 27.7 Å². The molecule has 0 aliphatic carbocycles. The number of hydrogen-bond acceptors (Lipinski definition) is 4. The van der Waals surface area contributed by atoms with Crippen LogP contribution in [-0.4, -0.2) is 46.3 Å². The molecule has 2 amide bonds. The Morgan fingerprint density at radius 2 is 0.754 bits per heavy atom. The second-order valence-electron chi connectivity index (χ2n) is 18.1. The zero-order valence-corrected chi connectivity index (χ0v) is 37.7. The first-order chi connectivity index (χ1) is 31.4. The summed E-state index contributed by atoms with van der Waals surface area (Å²) in [5.74, 6) is -2.16. The lowest BCUT2D eigenvalue weighted by Gasteiger charge is -2.38. The molecule has 8 aromatic carbocycles. The highest BCUT2D eigenvalue weighted by atomic mass is 16.3. The number of carbonyl (C=O) groups excluding carboxylic acids is 2. The van der Waals surface area contributed by atoms with Gasteiger partial charge >= 0.3 is 0 Å². The summed E-state index contributed by atoms with van der Waals surface area (Å²) in [4.78, 5) is 28.0. The SMILES string of the molecule is Cc1ccc(CC(O)(CNC(=O)CC(=O)NCC(O)(Cc2ccc(C)cc2)C(c2ccc(C)cc2)c2cccc3ccccc23)C(c2ccc(C)cc2)c2cccc3ccccc23)cc1. The van der Waals surface area contributed by atoms with Crippen molar-refractivity contribution in [1.82, 2.24) is 10.6 Å². The number of amides is 2. The van der Waals surface area contributed by atoms with Gasteiger partial charge in [0.25, 0.3) is 0 Å². The molecule has 328 valence electrons. The first kappa shape index (κ1) is 44.7. The molecule has 8 rings (SSSR count). The lowest BCUT2D eigenvalue weighted by Crippen LogP contribution is -2.51. The number of carbonyl (C=O) groups is 2. The van der Waals surface area contributed by atoms with Gasteiger partial charge in [0, 0.05) is 37.8 Å². The van der Waals surface area contributed by atoms with Crippen LogP contribution in [0.25, 0.3) is 21.5 Å². The van der Waals surface area contributed by atoms with Crippen LogP contribution in [0.5, 0.6) is 0 Å². The maximum Gasteiger partial charge on any atom is 0.229 e. The molecule has 6 nitrogen and oxygen atoms in total. The molecule has 0 heterocycles. The van der Waals surface area contributed by atoms with Crippen molar-refractivity contribution in [2.45, 2.75) is 70.0 Å². The molecular formula is C59H58N2O4. The molecule has 0 aromatic heterocycles. The number of aliphatic hydroxyl groups is 2. The molecule has 0 aliphatic rings. The molecule has 0 saturated heterocycles. The summed E-state index contributed by atoms with van der Waals surface area (Å²) < 4.78 is 0. The van der Waals surface area contributed by atoms with E-state index in [0.717, 1.165) is 77.2 Å². The Balaban J connectivity index is 1.09. The molecule has 0 radical (unpaired) electrons. The van der Waals surface area contributed by atoms with Crippen molar-refractivity contribution in [2.24, 2.45) is 0 Å². The van der Waals surface area contributed by atoms with Crippen molar-refractivity contribution >= 4 is 33.4 Å². The number of hydrogen-bond donors (Lipinski definition) is 4. The first-order valence-electron chi connectivity index (χ1n) is 22.6. The van der Waals surface area contributed by atoms with Crippen LogP contribution in [0.2, 0.25) is 0 Å². The van der Waals surface area contributed by atoms with Gasteiger partial charge in [-0.2, -0.15) is 0 Å². The summed E-state index contributed by atoms with van der Waals surface area (Å²) in [6.07, 6.45) is -0.0155. The van der Waals surface area contributed by atoms with Crippen molar-refractivity contribution in [3.05, 3.63) is 238 Å². The fourth-order valence-corrected chi connectivity index (χ4v) is 9.51. The van der Waals surface area contributed by atoms with Crippen molar-refractivity contribution < 1.29 is 19.8 Å². The fourth-order valence-electron chi connectivity index (χ4n) is 9.51. The van der Waals surface area contributed by atoms with E-state index >= 15 is 0 Å². The summed E-state index contributed by atoms with van der Waals surface area (Å²) >= 11 is 0. The molecule has 0 aliphatic heterocycles. The van der Waals surface area contributed by atoms with Crippen LogP contribution in [0.15, 0.2) is 182 Å². The van der Waals surface area contributed by atoms with Gasteiger partial charge in [-0.25, -0.2) is 0 Å². The third kappa shape index (κ3) is 10.4. The van der Waals surface area contributed by atoms with Gasteiger partial charge in [0.15, 0.2) is 0 Å². The van der Waals surface area contributed by atoms with Crippen LogP contribution in [-0.2, 0) is 22.4 Å². The number of nitrogens with one attached hydrogen (secondary N) is 2. The topological polar surface area (TPSA) is 98.7 Å². The number of aryl methyl sites for hydroxylation is 4. The normalized spacial score (nSPS) is 14.2. The molecule has 65 heavy (non-hydrogen) atoms. The van der Waals surface area contributed by atoms with Crippen LogP contribution in [0.1, 0.15) is 73.9 Å². The molecule has 0 spiro atoms. The predicted molar refractivity (Wildman–Crippen MR) is 264 cm³/mol. The summed E-state index contributed by atoms with van der Waals surface area (Å²) in [6.45, 7) is 7.89. The molecule has 4 N–H and O–H groups in total. The van der Waals surface area contributed by atoms with E-state index in [-0.39, 0.29) is 25.9 Å². The van der Waals surface area contributed by atoms with Gasteiger partial charge in [-0.1, -0.05) is 204 Å². The summed E-state index contributed by atoms with van der Waals surface area (Å²) in [7, 11) is 0. The molecule has 6 heteroatoms. The predicted octanol–water partition coefficient (Wildman–Crippen LogP) is 10.8. The lowest BCUT2D eigenvalue weighted by molar-refractivity contribution is -0.130. The number of rotatable bonds is 16. The van der Waals surface area contributed by atoms with E-state index in [2.05, 4.69) is 83.4 Å². The van der Waals surface area contributed by atoms with E-state index in [1.54, 1.807) is 0 Å². The first-order valence-corrected chi connectivity index (χ1v) is 22.6. The smallest absolute Gasteiger partial charge is 0.229 e. The van der Waals surface area contributed by atoms with E-state index in [9.17, 15) is 19.8 Å². The summed E-state index contributed by atoms with van der Waals surface area (Å²) in [5.41, 5.74) is 6.92. The fraction of sp³-hybridized carbons (Fsp3) is 0.220. The van der Waals surface area contributed by atoms with E-state index in [1.807, 2.05) is 137 Å². The Morgan fingerprint density at radius 3 is 1.12 bits per heavy atom. The minimum atomic E-state index is -1.52. The highest BCUT2D eigenvalue weighted by Crippen LogP contribution is 2.42. The zero-order chi connectivity index (χ0) is 45.6. The summed E-state index contributed by atoms with van der Waals surface area (Å²) in [6, 6.07) is 61.2. The minimum Gasteiger partial charge on any atom is -0.387 e. The third-order valence-electron chi connectivity index (χ3n) is 12.9. The van der Waals surface area contributed by atoms with Crippen LogP contribution >= 0.6 is 0 Å². The van der Waals surface area contributed by atoms with E-state index in [1.165, 1.54) is 0 Å². The average Bonchev–Trinajstić information content (AvgIpc) is 3.31. The Kier molecular flexibility index (Phi) is 13.4. The second kappa shape index (κ2) is 19.5. The molecule has 4 atom stereocenters. The molecule has 0 fully saturated rings. The van der Waals surface area contributed by atoms with E-state index < -0.39 is 41.3 Å². The van der Waals surface area contributed by atoms with Gasteiger partial charge in [0.2, 0.25) is 11.8 Å². The van der Waals surface area contributed by atoms with Crippen LogP contribution in [0.3, 0.4) is 0 Å². The Morgan fingerprint density at radius 1 is 0.431 bits per heavy atom. The standard InChI is InChI=1S/C59H58N2O4/c1-40-19-27-44(28-20-40)36-58(64,56(48-31-23-42(3)24-32-48)52-17-9-13-46-11-5-7-15-50(46)52)38-60-54(62)35-55(63)61-39-59(65,37-45-29-21-41(2)22-30-45)57(49-33-25-43(4)26-34-49)53-18-10-14-47-12-6-8-16-51(47)53/h5-34,56-57,64-65H,35-39H2,1-4H3,(H,60,62)(H,61,63). The number of benzene rings is 8. The van der Waals surface area contributed by atoms with Crippen molar-refractivity contribution in [3.8, 4) is 0 Å². The largest absolute Gasteiger partial charge is 0.387 e. The van der Waals surface area contributed by atoms with Gasteiger partial charge in [-0.3, -0.25) is 9.59 Å². The average molecular weight is 859 g/mol. The maximum absolute atomic E-state index is 14.0. The molecular weight excluding hydrogens is 801 g/mol. The van der Waals surface area contributed by atoms with Gasteiger partial charge in [0.1, 0.15) is 6.42 Å².